The van der Waals surface area contributed by atoms with Gasteiger partial charge in [0.25, 0.3) is 0 Å². The number of hydrogen-bond donors (Lipinski definition) is 3. The molecule has 0 bridgehead atoms. The molecule has 528 valence electrons. The summed E-state index contributed by atoms with van der Waals surface area (Å²) in [7, 11) is -9.89. The van der Waals surface area contributed by atoms with E-state index in [9.17, 15) is 43.2 Å². The van der Waals surface area contributed by atoms with Gasteiger partial charge in [-0.25, -0.2) is 9.13 Å². The zero-order valence-electron chi connectivity index (χ0n) is 57.9. The molecule has 0 saturated carbocycles. The summed E-state index contributed by atoms with van der Waals surface area (Å²) < 4.78 is 68.1. The van der Waals surface area contributed by atoms with Crippen molar-refractivity contribution < 1.29 is 80.2 Å². The van der Waals surface area contributed by atoms with Gasteiger partial charge in [-0.15, -0.1) is 0 Å². The number of esters is 4. The molecule has 0 aromatic heterocycles. The summed E-state index contributed by atoms with van der Waals surface area (Å²) in [6, 6.07) is 0. The van der Waals surface area contributed by atoms with E-state index in [0.29, 0.717) is 25.7 Å². The van der Waals surface area contributed by atoms with Gasteiger partial charge in [0, 0.05) is 25.7 Å². The zero-order valence-corrected chi connectivity index (χ0v) is 59.7. The third-order valence-corrected chi connectivity index (χ3v) is 18.8. The molecule has 0 amide bonds. The van der Waals surface area contributed by atoms with Gasteiger partial charge in [-0.05, 0) is 43.4 Å². The highest BCUT2D eigenvalue weighted by Gasteiger charge is 2.30. The van der Waals surface area contributed by atoms with E-state index >= 15 is 0 Å². The van der Waals surface area contributed by atoms with Crippen LogP contribution in [0.1, 0.15) is 350 Å². The first kappa shape index (κ1) is 87.1. The second kappa shape index (κ2) is 61.0. The normalized spacial score (nSPS) is 14.8. The lowest BCUT2D eigenvalue weighted by Crippen LogP contribution is -2.30. The molecule has 0 fully saturated rings. The first-order chi connectivity index (χ1) is 42.8. The van der Waals surface area contributed by atoms with Gasteiger partial charge < -0.3 is 33.8 Å². The van der Waals surface area contributed by atoms with Gasteiger partial charge in [0.1, 0.15) is 19.3 Å². The maximum atomic E-state index is 13.0. The highest BCUT2D eigenvalue weighted by molar-refractivity contribution is 7.47. The molecular formula is C70H136O17P2. The summed E-state index contributed by atoms with van der Waals surface area (Å²) in [5.74, 6) is 0.244. The molecule has 0 aliphatic carbocycles. The number of aliphatic hydroxyl groups excluding tert-OH is 1. The SMILES string of the molecule is CCCCCCCC(=O)OC[C@H](COP(=O)(O)OC[C@H](O)COP(=O)(O)OC[C@@H](COC(=O)CCCCCCCCCCCCC(C)CC)OC(=O)CCCCCCCCCCCCCCCCCC(C)C)OC(=O)CCCCCCCCCCC(C)CC. The molecule has 0 radical (unpaired) electrons. The molecule has 3 N–H and O–H groups in total. The highest BCUT2D eigenvalue weighted by Crippen LogP contribution is 2.45. The molecule has 0 rings (SSSR count). The van der Waals surface area contributed by atoms with Crippen LogP contribution < -0.4 is 0 Å². The Morgan fingerprint density at radius 3 is 0.854 bits per heavy atom. The Morgan fingerprint density at radius 1 is 0.326 bits per heavy atom. The van der Waals surface area contributed by atoms with E-state index in [0.717, 1.165) is 114 Å². The van der Waals surface area contributed by atoms with E-state index in [1.807, 2.05) is 0 Å². The Labute approximate surface area is 543 Å². The van der Waals surface area contributed by atoms with E-state index in [4.69, 9.17) is 37.0 Å². The van der Waals surface area contributed by atoms with Gasteiger partial charge in [0.2, 0.25) is 0 Å². The minimum atomic E-state index is -4.95. The first-order valence-corrected chi connectivity index (χ1v) is 39.4. The quantitative estimate of drug-likeness (QED) is 0.0222. The maximum absolute atomic E-state index is 13.0. The van der Waals surface area contributed by atoms with Gasteiger partial charge in [-0.1, -0.05) is 299 Å². The number of rotatable bonds is 68. The number of hydrogen-bond acceptors (Lipinski definition) is 15. The molecule has 7 atom stereocenters. The van der Waals surface area contributed by atoms with Crippen molar-refractivity contribution in [2.75, 3.05) is 39.6 Å². The van der Waals surface area contributed by atoms with Gasteiger partial charge in [-0.3, -0.25) is 37.3 Å². The molecule has 89 heavy (non-hydrogen) atoms. The van der Waals surface area contributed by atoms with Gasteiger partial charge in [-0.2, -0.15) is 0 Å². The summed E-state index contributed by atoms with van der Waals surface area (Å²) in [5, 5.41) is 10.6. The maximum Gasteiger partial charge on any atom is 0.472 e. The average Bonchev–Trinajstić information content (AvgIpc) is 3.72. The topological polar surface area (TPSA) is 237 Å². The minimum absolute atomic E-state index is 0.104. The molecule has 19 heteroatoms. The number of phosphoric ester groups is 2. The van der Waals surface area contributed by atoms with Crippen molar-refractivity contribution in [3.63, 3.8) is 0 Å². The van der Waals surface area contributed by atoms with Crippen molar-refractivity contribution in [3.8, 4) is 0 Å². The first-order valence-electron chi connectivity index (χ1n) is 36.4. The van der Waals surface area contributed by atoms with Crippen LogP contribution >= 0.6 is 15.6 Å². The number of ether oxygens (including phenoxy) is 4. The van der Waals surface area contributed by atoms with Crippen LogP contribution in [0.2, 0.25) is 0 Å². The predicted octanol–water partition coefficient (Wildman–Crippen LogP) is 19.8. The van der Waals surface area contributed by atoms with E-state index in [1.165, 1.54) is 154 Å². The van der Waals surface area contributed by atoms with Crippen LogP contribution in [0, 0.1) is 17.8 Å². The number of carbonyl (C=O) groups excluding carboxylic acids is 4. The van der Waals surface area contributed by atoms with Crippen molar-refractivity contribution >= 4 is 39.5 Å². The van der Waals surface area contributed by atoms with Crippen molar-refractivity contribution in [1.82, 2.24) is 0 Å². The van der Waals surface area contributed by atoms with Crippen molar-refractivity contribution in [2.45, 2.75) is 369 Å². The summed E-state index contributed by atoms with van der Waals surface area (Å²) in [5.41, 5.74) is 0. The van der Waals surface area contributed by atoms with Gasteiger partial charge in [0.15, 0.2) is 12.2 Å². The van der Waals surface area contributed by atoms with Gasteiger partial charge in [0.05, 0.1) is 26.4 Å². The lowest BCUT2D eigenvalue weighted by atomic mass is 9.99. The summed E-state index contributed by atoms with van der Waals surface area (Å²) in [6.45, 7) is 11.8. The second-order valence-electron chi connectivity index (χ2n) is 26.2. The summed E-state index contributed by atoms with van der Waals surface area (Å²) in [6.07, 6.45) is 44.7. The average molecular weight is 1310 g/mol. The Hall–Kier alpha value is -1.94. The van der Waals surface area contributed by atoms with E-state index in [2.05, 4.69) is 48.5 Å². The molecule has 4 unspecified atom stereocenters. The molecule has 0 heterocycles. The summed E-state index contributed by atoms with van der Waals surface area (Å²) >= 11 is 0. The van der Waals surface area contributed by atoms with E-state index in [1.54, 1.807) is 0 Å². The number of carbonyl (C=O) groups is 4. The molecule has 0 spiro atoms. The van der Waals surface area contributed by atoms with Crippen molar-refractivity contribution in [1.29, 1.82) is 0 Å². The zero-order chi connectivity index (χ0) is 65.9. The monoisotopic (exact) mass is 1310 g/mol. The number of aliphatic hydroxyl groups is 1. The van der Waals surface area contributed by atoms with Crippen molar-refractivity contribution in [2.24, 2.45) is 17.8 Å². The smallest absolute Gasteiger partial charge is 0.462 e. The number of phosphoric acid groups is 2. The fraction of sp³-hybridized carbons (Fsp3) is 0.943. The van der Waals surface area contributed by atoms with Crippen LogP contribution in [0.3, 0.4) is 0 Å². The molecule has 0 saturated heterocycles. The Kier molecular flexibility index (Phi) is 59.6. The minimum Gasteiger partial charge on any atom is -0.462 e. The fourth-order valence-electron chi connectivity index (χ4n) is 10.5. The Morgan fingerprint density at radius 2 is 0.573 bits per heavy atom. The molecule has 0 aliphatic rings. The van der Waals surface area contributed by atoms with Crippen LogP contribution in [0.5, 0.6) is 0 Å². The molecule has 17 nitrogen and oxygen atoms in total. The lowest BCUT2D eigenvalue weighted by Gasteiger charge is -2.21. The van der Waals surface area contributed by atoms with E-state index < -0.39 is 97.5 Å². The van der Waals surface area contributed by atoms with Crippen LogP contribution in [0.15, 0.2) is 0 Å². The molecule has 0 aromatic carbocycles. The Bertz CT molecular complexity index is 1750. The third-order valence-electron chi connectivity index (χ3n) is 16.9. The lowest BCUT2D eigenvalue weighted by molar-refractivity contribution is -0.161. The van der Waals surface area contributed by atoms with Crippen LogP contribution in [0.25, 0.3) is 0 Å². The van der Waals surface area contributed by atoms with Gasteiger partial charge >= 0.3 is 39.5 Å². The number of unbranched alkanes of at least 4 members (excludes halogenated alkanes) is 34. The third kappa shape index (κ3) is 62.0. The van der Waals surface area contributed by atoms with Crippen molar-refractivity contribution in [3.05, 3.63) is 0 Å². The largest absolute Gasteiger partial charge is 0.472 e. The highest BCUT2D eigenvalue weighted by atomic mass is 31.2. The van der Waals surface area contributed by atoms with E-state index in [-0.39, 0.29) is 25.7 Å². The standard InChI is InChI=1S/C70H136O17P2/c1-8-11-12-34-44-51-67(72)80-57-65(86-70(75)54-47-40-33-27-26-30-37-43-50-63(7)10-3)59-84-88(76,77)82-55-64(71)56-83-89(78,79)85-60-66(58-81-68(73)52-45-38-31-24-21-20-23-29-36-42-49-62(6)9-2)87-69(74)53-46-39-32-25-19-17-15-13-14-16-18-22-28-35-41-48-61(4)5/h61-66,71H,8-60H2,1-7H3,(H,76,77)(H,78,79)/t62?,63?,64-,65+,66+/m0/s1. The van der Waals surface area contributed by atoms with Crippen LogP contribution in [0.4, 0.5) is 0 Å². The summed E-state index contributed by atoms with van der Waals surface area (Å²) in [4.78, 5) is 72.3. The second-order valence-corrected chi connectivity index (χ2v) is 29.1. The van der Waals surface area contributed by atoms with Crippen LogP contribution in [-0.2, 0) is 65.4 Å². The fourth-order valence-corrected chi connectivity index (χ4v) is 12.1. The predicted molar refractivity (Wildman–Crippen MR) is 358 cm³/mol. The van der Waals surface area contributed by atoms with Crippen LogP contribution in [-0.4, -0.2) is 96.7 Å². The molecule has 0 aliphatic heterocycles. The Balaban J connectivity index is 5.17. The molecule has 0 aromatic rings. The molecular weight excluding hydrogens is 1170 g/mol.